The average molecular weight is 355 g/mol. The minimum absolute atomic E-state index is 0.0133. The molecule has 7 nitrogen and oxygen atoms in total. The first-order valence-electron chi connectivity index (χ1n) is 6.68. The van der Waals surface area contributed by atoms with Crippen molar-refractivity contribution in [2.45, 2.75) is 20.0 Å². The van der Waals surface area contributed by atoms with Gasteiger partial charge in [-0.25, -0.2) is 4.98 Å². The van der Waals surface area contributed by atoms with Crippen LogP contribution in [0.4, 0.5) is 10.8 Å². The van der Waals surface area contributed by atoms with Crippen LogP contribution in [0.25, 0.3) is 0 Å². The number of aromatic nitrogens is 1. The van der Waals surface area contributed by atoms with E-state index in [4.69, 9.17) is 11.6 Å². The van der Waals surface area contributed by atoms with Crippen LogP contribution in [0.1, 0.15) is 18.2 Å². The Labute approximate surface area is 142 Å². The van der Waals surface area contributed by atoms with Crippen molar-refractivity contribution in [3.8, 4) is 0 Å². The molecule has 23 heavy (non-hydrogen) atoms. The van der Waals surface area contributed by atoms with Crippen LogP contribution >= 0.6 is 22.9 Å². The number of carbonyl (C=O) groups excluding carboxylic acids is 1. The third-order valence-corrected chi connectivity index (χ3v) is 4.12. The Morgan fingerprint density at radius 3 is 2.87 bits per heavy atom. The van der Waals surface area contributed by atoms with Crippen molar-refractivity contribution in [2.75, 3.05) is 12.4 Å². The molecular formula is C14H15ClN4O3S. The van der Waals surface area contributed by atoms with Crippen LogP contribution in [0.3, 0.4) is 0 Å². The van der Waals surface area contributed by atoms with Crippen LogP contribution in [0.2, 0.25) is 5.02 Å². The first kappa shape index (κ1) is 17.3. The standard InChI is InChI=1S/C14H15ClN4O3S/c1-9(20)16-14-17-11(8-23-14)7-18(2)6-10-5-12(19(21)22)3-4-13(10)15/h3-5,8H,6-7H2,1-2H3,(H,16,17,20). The Balaban J connectivity index is 2.03. The molecule has 0 radical (unpaired) electrons. The molecule has 1 aromatic carbocycles. The number of amides is 1. The van der Waals surface area contributed by atoms with Gasteiger partial charge in [-0.05, 0) is 18.7 Å². The molecule has 0 unspecified atom stereocenters. The van der Waals surface area contributed by atoms with E-state index in [1.165, 1.54) is 36.5 Å². The van der Waals surface area contributed by atoms with Gasteiger partial charge in [0.25, 0.3) is 5.69 Å². The number of rotatable bonds is 6. The van der Waals surface area contributed by atoms with E-state index in [1.807, 2.05) is 17.3 Å². The van der Waals surface area contributed by atoms with E-state index in [0.29, 0.717) is 28.8 Å². The molecule has 0 aliphatic carbocycles. The molecule has 9 heteroatoms. The van der Waals surface area contributed by atoms with Crippen molar-refractivity contribution in [3.63, 3.8) is 0 Å². The Morgan fingerprint density at radius 2 is 2.22 bits per heavy atom. The molecule has 1 N–H and O–H groups in total. The first-order chi connectivity index (χ1) is 10.8. The van der Waals surface area contributed by atoms with E-state index >= 15 is 0 Å². The normalized spacial score (nSPS) is 10.8. The van der Waals surface area contributed by atoms with E-state index in [0.717, 1.165) is 5.69 Å². The number of hydrogen-bond donors (Lipinski definition) is 1. The highest BCUT2D eigenvalue weighted by molar-refractivity contribution is 7.13. The summed E-state index contributed by atoms with van der Waals surface area (Å²) in [4.78, 5) is 27.6. The van der Waals surface area contributed by atoms with Gasteiger partial charge in [-0.2, -0.15) is 0 Å². The van der Waals surface area contributed by atoms with Crippen LogP contribution in [0, 0.1) is 10.1 Å². The number of nitro groups is 1. The summed E-state index contributed by atoms with van der Waals surface area (Å²) in [5.41, 5.74) is 1.50. The zero-order chi connectivity index (χ0) is 17.0. The third kappa shape index (κ3) is 4.98. The maximum Gasteiger partial charge on any atom is 0.269 e. The molecule has 0 saturated heterocycles. The molecule has 0 fully saturated rings. The van der Waals surface area contributed by atoms with Crippen LogP contribution in [0.5, 0.6) is 0 Å². The largest absolute Gasteiger partial charge is 0.302 e. The van der Waals surface area contributed by atoms with Crippen molar-refractivity contribution in [2.24, 2.45) is 0 Å². The number of hydrogen-bond acceptors (Lipinski definition) is 6. The zero-order valence-corrected chi connectivity index (χ0v) is 14.1. The molecule has 0 saturated carbocycles. The van der Waals surface area contributed by atoms with Gasteiger partial charge >= 0.3 is 0 Å². The van der Waals surface area contributed by atoms with Crippen LogP contribution in [-0.4, -0.2) is 27.8 Å². The summed E-state index contributed by atoms with van der Waals surface area (Å²) >= 11 is 7.45. The fourth-order valence-corrected chi connectivity index (χ4v) is 2.93. The van der Waals surface area contributed by atoms with E-state index in [2.05, 4.69) is 10.3 Å². The summed E-state index contributed by atoms with van der Waals surface area (Å²) in [7, 11) is 1.87. The molecule has 2 aromatic rings. The molecule has 0 bridgehead atoms. The summed E-state index contributed by atoms with van der Waals surface area (Å²) in [6, 6.07) is 4.38. The maximum atomic E-state index is 11.0. The Morgan fingerprint density at radius 1 is 1.48 bits per heavy atom. The van der Waals surface area contributed by atoms with Gasteiger partial charge in [-0.1, -0.05) is 11.6 Å². The number of anilines is 1. The summed E-state index contributed by atoms with van der Waals surface area (Å²) in [5, 5.41) is 16.4. The fourth-order valence-electron chi connectivity index (χ4n) is 2.01. The van der Waals surface area contributed by atoms with E-state index in [9.17, 15) is 14.9 Å². The number of nitro benzene ring substituents is 1. The predicted molar refractivity (Wildman–Crippen MR) is 89.7 cm³/mol. The number of nitrogens with one attached hydrogen (secondary N) is 1. The molecule has 1 heterocycles. The zero-order valence-electron chi connectivity index (χ0n) is 12.6. The second kappa shape index (κ2) is 7.49. The lowest BCUT2D eigenvalue weighted by molar-refractivity contribution is -0.384. The van der Waals surface area contributed by atoms with Crippen molar-refractivity contribution < 1.29 is 9.72 Å². The summed E-state index contributed by atoms with van der Waals surface area (Å²) < 4.78 is 0. The summed E-state index contributed by atoms with van der Waals surface area (Å²) in [6.45, 7) is 2.42. The Kier molecular flexibility index (Phi) is 5.64. The molecule has 1 amide bonds. The van der Waals surface area contributed by atoms with Crippen molar-refractivity contribution in [1.29, 1.82) is 0 Å². The molecule has 0 atom stereocenters. The van der Waals surface area contributed by atoms with Gasteiger partial charge in [0.15, 0.2) is 5.13 Å². The van der Waals surface area contributed by atoms with Gasteiger partial charge in [0.2, 0.25) is 5.91 Å². The Hall–Kier alpha value is -2.03. The smallest absolute Gasteiger partial charge is 0.269 e. The first-order valence-corrected chi connectivity index (χ1v) is 7.94. The lowest BCUT2D eigenvalue weighted by atomic mass is 10.2. The summed E-state index contributed by atoms with van der Waals surface area (Å²) in [5.74, 6) is -0.164. The number of benzene rings is 1. The average Bonchev–Trinajstić information content (AvgIpc) is 2.87. The lowest BCUT2D eigenvalue weighted by Crippen LogP contribution is -2.18. The number of non-ortho nitro benzene ring substituents is 1. The molecule has 0 aliphatic rings. The molecule has 0 spiro atoms. The topological polar surface area (TPSA) is 88.4 Å². The molecule has 2 rings (SSSR count). The van der Waals surface area contributed by atoms with Gasteiger partial charge in [0.1, 0.15) is 0 Å². The van der Waals surface area contributed by atoms with E-state index < -0.39 is 4.92 Å². The van der Waals surface area contributed by atoms with Gasteiger partial charge < -0.3 is 5.32 Å². The van der Waals surface area contributed by atoms with E-state index in [1.54, 1.807) is 0 Å². The summed E-state index contributed by atoms with van der Waals surface area (Å²) in [6.07, 6.45) is 0. The number of carbonyl (C=O) groups is 1. The predicted octanol–water partition coefficient (Wildman–Crippen LogP) is 3.30. The van der Waals surface area contributed by atoms with Gasteiger partial charge in [-0.3, -0.25) is 19.8 Å². The number of halogens is 1. The highest BCUT2D eigenvalue weighted by atomic mass is 35.5. The van der Waals surface area contributed by atoms with Gasteiger partial charge in [0, 0.05) is 42.5 Å². The third-order valence-electron chi connectivity index (χ3n) is 2.95. The van der Waals surface area contributed by atoms with Crippen molar-refractivity contribution >= 4 is 39.7 Å². The van der Waals surface area contributed by atoms with Crippen LogP contribution in [-0.2, 0) is 17.9 Å². The van der Waals surface area contributed by atoms with Crippen molar-refractivity contribution in [3.05, 3.63) is 50.0 Å². The maximum absolute atomic E-state index is 11.0. The fraction of sp³-hybridized carbons (Fsp3) is 0.286. The van der Waals surface area contributed by atoms with Gasteiger partial charge in [-0.15, -0.1) is 11.3 Å². The highest BCUT2D eigenvalue weighted by Gasteiger charge is 2.13. The van der Waals surface area contributed by atoms with Crippen molar-refractivity contribution in [1.82, 2.24) is 9.88 Å². The Bertz CT molecular complexity index is 735. The van der Waals surface area contributed by atoms with E-state index in [-0.39, 0.29) is 11.6 Å². The molecule has 0 aliphatic heterocycles. The lowest BCUT2D eigenvalue weighted by Gasteiger charge is -2.16. The number of thiazole rings is 1. The molecular weight excluding hydrogens is 340 g/mol. The minimum Gasteiger partial charge on any atom is -0.302 e. The quantitative estimate of drug-likeness (QED) is 0.635. The second-order valence-electron chi connectivity index (χ2n) is 5.03. The van der Waals surface area contributed by atoms with Crippen LogP contribution < -0.4 is 5.32 Å². The van der Waals surface area contributed by atoms with Gasteiger partial charge in [0.05, 0.1) is 10.6 Å². The minimum atomic E-state index is -0.444. The number of nitrogens with zero attached hydrogens (tertiary/aromatic N) is 3. The van der Waals surface area contributed by atoms with Crippen LogP contribution in [0.15, 0.2) is 23.6 Å². The molecule has 122 valence electrons. The molecule has 1 aromatic heterocycles. The SMILES string of the molecule is CC(=O)Nc1nc(CN(C)Cc2cc([N+](=O)[O-])ccc2Cl)cs1. The highest BCUT2D eigenvalue weighted by Crippen LogP contribution is 2.24. The monoisotopic (exact) mass is 354 g/mol. The second-order valence-corrected chi connectivity index (χ2v) is 6.30.